The van der Waals surface area contributed by atoms with Crippen molar-refractivity contribution in [3.63, 3.8) is 0 Å². The Balaban J connectivity index is 2.94. The topological polar surface area (TPSA) is 46.2 Å². The quantitative estimate of drug-likeness (QED) is 0.771. The minimum atomic E-state index is -0.270. The SMILES string of the molecule is Cc1cccc(C(N)C(C)(C)CO)c1. The van der Waals surface area contributed by atoms with Crippen LogP contribution < -0.4 is 5.73 Å². The summed E-state index contributed by atoms with van der Waals surface area (Å²) in [5.41, 5.74) is 8.11. The third kappa shape index (κ3) is 2.34. The van der Waals surface area contributed by atoms with E-state index in [2.05, 4.69) is 6.07 Å². The van der Waals surface area contributed by atoms with E-state index in [1.165, 1.54) is 5.56 Å². The molecule has 1 rings (SSSR count). The van der Waals surface area contributed by atoms with Crippen LogP contribution in [-0.4, -0.2) is 11.7 Å². The van der Waals surface area contributed by atoms with Crippen LogP contribution in [-0.2, 0) is 0 Å². The number of hydrogen-bond donors (Lipinski definition) is 2. The average Bonchev–Trinajstić information content (AvgIpc) is 2.16. The van der Waals surface area contributed by atoms with Gasteiger partial charge in [0.1, 0.15) is 0 Å². The molecule has 1 atom stereocenters. The van der Waals surface area contributed by atoms with Crippen LogP contribution in [0.3, 0.4) is 0 Å². The lowest BCUT2D eigenvalue weighted by Gasteiger charge is -2.29. The molecule has 0 aliphatic heterocycles. The molecule has 14 heavy (non-hydrogen) atoms. The number of hydrogen-bond acceptors (Lipinski definition) is 2. The van der Waals surface area contributed by atoms with Crippen LogP contribution in [0.25, 0.3) is 0 Å². The molecular formula is C12H19NO. The van der Waals surface area contributed by atoms with Crippen molar-refractivity contribution in [2.45, 2.75) is 26.8 Å². The van der Waals surface area contributed by atoms with E-state index < -0.39 is 0 Å². The highest BCUT2D eigenvalue weighted by molar-refractivity contribution is 5.26. The lowest BCUT2D eigenvalue weighted by molar-refractivity contribution is 0.132. The third-order valence-electron chi connectivity index (χ3n) is 2.65. The molecule has 0 saturated heterocycles. The van der Waals surface area contributed by atoms with E-state index in [1.807, 2.05) is 39.0 Å². The molecule has 1 unspecified atom stereocenters. The molecule has 2 nitrogen and oxygen atoms in total. The number of aryl methyl sites for hydroxylation is 1. The van der Waals surface area contributed by atoms with Crippen LogP contribution in [0.2, 0.25) is 0 Å². The van der Waals surface area contributed by atoms with Crippen LogP contribution in [0.4, 0.5) is 0 Å². The summed E-state index contributed by atoms with van der Waals surface area (Å²) in [7, 11) is 0. The monoisotopic (exact) mass is 193 g/mol. The summed E-state index contributed by atoms with van der Waals surface area (Å²) in [6, 6.07) is 8.00. The van der Waals surface area contributed by atoms with Gasteiger partial charge < -0.3 is 10.8 Å². The van der Waals surface area contributed by atoms with Crippen molar-refractivity contribution in [3.05, 3.63) is 35.4 Å². The van der Waals surface area contributed by atoms with Crippen molar-refractivity contribution >= 4 is 0 Å². The standard InChI is InChI=1S/C12H19NO/c1-9-5-4-6-10(7-9)11(13)12(2,3)8-14/h4-7,11,14H,8,13H2,1-3H3. The maximum Gasteiger partial charge on any atom is 0.0500 e. The summed E-state index contributed by atoms with van der Waals surface area (Å²) >= 11 is 0. The highest BCUT2D eigenvalue weighted by Crippen LogP contribution is 2.30. The Labute approximate surface area is 85.8 Å². The van der Waals surface area contributed by atoms with Crippen LogP contribution in [0.15, 0.2) is 24.3 Å². The van der Waals surface area contributed by atoms with Gasteiger partial charge in [-0.05, 0) is 12.5 Å². The number of aliphatic hydroxyl groups excluding tert-OH is 1. The van der Waals surface area contributed by atoms with E-state index >= 15 is 0 Å². The number of rotatable bonds is 3. The number of nitrogens with two attached hydrogens (primary N) is 1. The zero-order valence-electron chi connectivity index (χ0n) is 9.12. The lowest BCUT2D eigenvalue weighted by Crippen LogP contribution is -2.32. The van der Waals surface area contributed by atoms with E-state index in [1.54, 1.807) is 0 Å². The predicted octanol–water partition coefficient (Wildman–Crippen LogP) is 2.01. The Kier molecular flexibility index (Phi) is 3.29. The molecular weight excluding hydrogens is 174 g/mol. The largest absolute Gasteiger partial charge is 0.396 e. The molecule has 0 spiro atoms. The maximum absolute atomic E-state index is 9.22. The Morgan fingerprint density at radius 1 is 1.43 bits per heavy atom. The van der Waals surface area contributed by atoms with Gasteiger partial charge >= 0.3 is 0 Å². The molecule has 0 saturated carbocycles. The first kappa shape index (κ1) is 11.2. The summed E-state index contributed by atoms with van der Waals surface area (Å²) in [5, 5.41) is 9.22. The first-order valence-electron chi connectivity index (χ1n) is 4.90. The third-order valence-corrected chi connectivity index (χ3v) is 2.65. The van der Waals surface area contributed by atoms with Gasteiger partial charge in [0.25, 0.3) is 0 Å². The van der Waals surface area contributed by atoms with Crippen molar-refractivity contribution < 1.29 is 5.11 Å². The molecule has 3 N–H and O–H groups in total. The second kappa shape index (κ2) is 4.11. The normalized spacial score (nSPS) is 14.1. The number of aliphatic hydroxyl groups is 1. The molecule has 0 heterocycles. The molecule has 0 aliphatic carbocycles. The van der Waals surface area contributed by atoms with Crippen molar-refractivity contribution in [1.29, 1.82) is 0 Å². The van der Waals surface area contributed by atoms with E-state index in [0.29, 0.717) is 0 Å². The summed E-state index contributed by atoms with van der Waals surface area (Å²) < 4.78 is 0. The van der Waals surface area contributed by atoms with Gasteiger partial charge in [-0.15, -0.1) is 0 Å². The van der Waals surface area contributed by atoms with Crippen LogP contribution >= 0.6 is 0 Å². The summed E-state index contributed by atoms with van der Waals surface area (Å²) in [5.74, 6) is 0. The fourth-order valence-corrected chi connectivity index (χ4v) is 1.41. The van der Waals surface area contributed by atoms with E-state index in [4.69, 9.17) is 5.73 Å². The van der Waals surface area contributed by atoms with Gasteiger partial charge in [0.05, 0.1) is 0 Å². The maximum atomic E-state index is 9.22. The molecule has 2 heteroatoms. The summed E-state index contributed by atoms with van der Waals surface area (Å²) in [6.45, 7) is 6.09. The van der Waals surface area contributed by atoms with Crippen molar-refractivity contribution in [2.24, 2.45) is 11.1 Å². The van der Waals surface area contributed by atoms with Gasteiger partial charge in [-0.3, -0.25) is 0 Å². The fourth-order valence-electron chi connectivity index (χ4n) is 1.41. The smallest absolute Gasteiger partial charge is 0.0500 e. The Morgan fingerprint density at radius 2 is 2.07 bits per heavy atom. The first-order valence-corrected chi connectivity index (χ1v) is 4.90. The molecule has 0 bridgehead atoms. The second-order valence-electron chi connectivity index (χ2n) is 4.54. The van der Waals surface area contributed by atoms with Crippen molar-refractivity contribution in [3.8, 4) is 0 Å². The van der Waals surface area contributed by atoms with Crippen LogP contribution in [0.1, 0.15) is 31.0 Å². The Hall–Kier alpha value is -0.860. The zero-order chi connectivity index (χ0) is 10.8. The first-order chi connectivity index (χ1) is 6.47. The van der Waals surface area contributed by atoms with E-state index in [-0.39, 0.29) is 18.1 Å². The fraction of sp³-hybridized carbons (Fsp3) is 0.500. The van der Waals surface area contributed by atoms with Gasteiger partial charge in [0.2, 0.25) is 0 Å². The molecule has 0 amide bonds. The van der Waals surface area contributed by atoms with Gasteiger partial charge in [0, 0.05) is 18.1 Å². The molecule has 1 aromatic rings. The average molecular weight is 193 g/mol. The second-order valence-corrected chi connectivity index (χ2v) is 4.54. The van der Waals surface area contributed by atoms with E-state index in [0.717, 1.165) is 5.56 Å². The van der Waals surface area contributed by atoms with E-state index in [9.17, 15) is 5.11 Å². The highest BCUT2D eigenvalue weighted by atomic mass is 16.3. The van der Waals surface area contributed by atoms with Gasteiger partial charge in [-0.25, -0.2) is 0 Å². The molecule has 1 aromatic carbocycles. The lowest BCUT2D eigenvalue weighted by atomic mass is 9.81. The Morgan fingerprint density at radius 3 is 2.57 bits per heavy atom. The molecule has 0 aromatic heterocycles. The van der Waals surface area contributed by atoms with Crippen molar-refractivity contribution in [2.75, 3.05) is 6.61 Å². The van der Waals surface area contributed by atoms with Gasteiger partial charge in [0.15, 0.2) is 0 Å². The minimum Gasteiger partial charge on any atom is -0.396 e. The van der Waals surface area contributed by atoms with Gasteiger partial charge in [-0.2, -0.15) is 0 Å². The molecule has 0 radical (unpaired) electrons. The van der Waals surface area contributed by atoms with Crippen molar-refractivity contribution in [1.82, 2.24) is 0 Å². The number of benzene rings is 1. The highest BCUT2D eigenvalue weighted by Gasteiger charge is 2.26. The minimum absolute atomic E-state index is 0.0993. The van der Waals surface area contributed by atoms with Crippen LogP contribution in [0.5, 0.6) is 0 Å². The molecule has 78 valence electrons. The summed E-state index contributed by atoms with van der Waals surface area (Å²) in [6.07, 6.45) is 0. The molecule has 0 fully saturated rings. The summed E-state index contributed by atoms with van der Waals surface area (Å²) in [4.78, 5) is 0. The molecule has 0 aliphatic rings. The zero-order valence-corrected chi connectivity index (χ0v) is 9.12. The van der Waals surface area contributed by atoms with Gasteiger partial charge in [-0.1, -0.05) is 43.7 Å². The Bertz CT molecular complexity index is 307. The predicted molar refractivity (Wildman–Crippen MR) is 59.0 cm³/mol. The van der Waals surface area contributed by atoms with Crippen LogP contribution in [0, 0.1) is 12.3 Å².